The lowest BCUT2D eigenvalue weighted by molar-refractivity contribution is 0.0404. The summed E-state index contributed by atoms with van der Waals surface area (Å²) in [6, 6.07) is 8.99. The van der Waals surface area contributed by atoms with Gasteiger partial charge in [-0.1, -0.05) is 23.7 Å². The van der Waals surface area contributed by atoms with E-state index in [2.05, 4.69) is 9.80 Å². The van der Waals surface area contributed by atoms with E-state index >= 15 is 0 Å². The summed E-state index contributed by atoms with van der Waals surface area (Å²) >= 11 is 6.19. The number of hydrogen-bond donors (Lipinski definition) is 0. The Morgan fingerprint density at radius 2 is 1.60 bits per heavy atom. The normalized spacial score (nSPS) is 29.8. The number of nitrogens with zero attached hydrogens (tertiary/aromatic N) is 2. The van der Waals surface area contributed by atoms with E-state index in [1.807, 2.05) is 18.2 Å². The average molecular weight is 291 g/mol. The minimum absolute atomic E-state index is 0.124. The summed E-state index contributed by atoms with van der Waals surface area (Å²) in [5.74, 6) is 0.124. The van der Waals surface area contributed by atoms with Gasteiger partial charge in [0.05, 0.1) is 10.6 Å². The van der Waals surface area contributed by atoms with Crippen LogP contribution >= 0.6 is 11.6 Å². The minimum Gasteiger partial charge on any atom is -0.330 e. The lowest BCUT2D eigenvalue weighted by atomic mass is 10.1. The van der Waals surface area contributed by atoms with Gasteiger partial charge in [0.25, 0.3) is 5.91 Å². The molecule has 1 saturated carbocycles. The molecule has 0 radical (unpaired) electrons. The van der Waals surface area contributed by atoms with E-state index in [1.54, 1.807) is 6.07 Å². The molecule has 2 aliphatic heterocycles. The molecule has 4 heteroatoms. The van der Waals surface area contributed by atoms with Gasteiger partial charge in [-0.05, 0) is 37.8 Å². The Hall–Kier alpha value is -1.06. The zero-order valence-electron chi connectivity index (χ0n) is 11.5. The average Bonchev–Trinajstić information content (AvgIpc) is 3.25. The Balaban J connectivity index is 1.57. The van der Waals surface area contributed by atoms with E-state index in [0.717, 1.165) is 32.0 Å². The van der Waals surface area contributed by atoms with Gasteiger partial charge in [0.2, 0.25) is 0 Å². The van der Waals surface area contributed by atoms with Crippen LogP contribution in [0.5, 0.6) is 0 Å². The van der Waals surface area contributed by atoms with Crippen molar-refractivity contribution in [2.24, 2.45) is 0 Å². The highest BCUT2D eigenvalue weighted by atomic mass is 35.5. The lowest BCUT2D eigenvalue weighted by Gasteiger charge is -2.41. The SMILES string of the molecule is O=C(c1ccccc1Cl)N1C2CCC1CN(C1CC1)C2. The zero-order chi connectivity index (χ0) is 13.7. The van der Waals surface area contributed by atoms with Gasteiger partial charge < -0.3 is 4.90 Å². The molecule has 4 rings (SSSR count). The first-order valence-electron chi connectivity index (χ1n) is 7.55. The quantitative estimate of drug-likeness (QED) is 0.836. The van der Waals surface area contributed by atoms with Gasteiger partial charge in [-0.3, -0.25) is 9.69 Å². The van der Waals surface area contributed by atoms with Gasteiger partial charge in [-0.2, -0.15) is 0 Å². The fourth-order valence-corrected chi connectivity index (χ4v) is 4.00. The van der Waals surface area contributed by atoms with Gasteiger partial charge in [-0.25, -0.2) is 0 Å². The molecule has 2 unspecified atom stereocenters. The van der Waals surface area contributed by atoms with Gasteiger partial charge >= 0.3 is 0 Å². The van der Waals surface area contributed by atoms with Crippen LogP contribution in [0.3, 0.4) is 0 Å². The largest absolute Gasteiger partial charge is 0.330 e. The Morgan fingerprint density at radius 1 is 1.00 bits per heavy atom. The van der Waals surface area contributed by atoms with Gasteiger partial charge in [0.1, 0.15) is 0 Å². The minimum atomic E-state index is 0.124. The number of benzene rings is 1. The second-order valence-electron chi connectivity index (χ2n) is 6.26. The molecule has 0 N–H and O–H groups in total. The summed E-state index contributed by atoms with van der Waals surface area (Å²) in [5, 5.41) is 0.571. The molecule has 3 nitrogen and oxygen atoms in total. The molecule has 3 fully saturated rings. The summed E-state index contributed by atoms with van der Waals surface area (Å²) in [7, 11) is 0. The molecule has 1 amide bonds. The molecular formula is C16H19ClN2O. The van der Waals surface area contributed by atoms with Crippen molar-refractivity contribution in [3.63, 3.8) is 0 Å². The first-order chi connectivity index (χ1) is 9.74. The van der Waals surface area contributed by atoms with Gasteiger partial charge in [-0.15, -0.1) is 0 Å². The molecule has 1 aromatic rings. The Bertz CT molecular complexity index is 529. The summed E-state index contributed by atoms with van der Waals surface area (Å²) in [6.07, 6.45) is 4.98. The van der Waals surface area contributed by atoms with Crippen LogP contribution in [0.1, 0.15) is 36.0 Å². The molecule has 1 aliphatic carbocycles. The van der Waals surface area contributed by atoms with Crippen LogP contribution in [0.15, 0.2) is 24.3 Å². The Labute approximate surface area is 124 Å². The van der Waals surface area contributed by atoms with E-state index in [4.69, 9.17) is 11.6 Å². The highest BCUT2D eigenvalue weighted by Gasteiger charge is 2.46. The maximum atomic E-state index is 12.8. The molecular weight excluding hydrogens is 272 g/mol. The summed E-state index contributed by atoms with van der Waals surface area (Å²) < 4.78 is 0. The topological polar surface area (TPSA) is 23.6 Å². The highest BCUT2D eigenvalue weighted by molar-refractivity contribution is 6.33. The molecule has 2 saturated heterocycles. The summed E-state index contributed by atoms with van der Waals surface area (Å²) in [6.45, 7) is 2.11. The number of piperazine rings is 1. The Morgan fingerprint density at radius 3 is 2.20 bits per heavy atom. The Kier molecular flexibility index (Phi) is 3.00. The number of rotatable bonds is 2. The second kappa shape index (κ2) is 4.74. The molecule has 3 aliphatic rings. The molecule has 1 aromatic carbocycles. The molecule has 0 spiro atoms. The van der Waals surface area contributed by atoms with Crippen LogP contribution in [-0.2, 0) is 0 Å². The third kappa shape index (κ3) is 2.04. The lowest BCUT2D eigenvalue weighted by Crippen LogP contribution is -2.56. The number of hydrogen-bond acceptors (Lipinski definition) is 2. The maximum Gasteiger partial charge on any atom is 0.255 e. The van der Waals surface area contributed by atoms with Crippen molar-refractivity contribution in [1.82, 2.24) is 9.80 Å². The molecule has 0 aromatic heterocycles. The predicted molar refractivity (Wildman–Crippen MR) is 79.0 cm³/mol. The van der Waals surface area contributed by atoms with E-state index in [0.29, 0.717) is 22.7 Å². The van der Waals surface area contributed by atoms with E-state index in [1.165, 1.54) is 12.8 Å². The van der Waals surface area contributed by atoms with Crippen LogP contribution in [0, 0.1) is 0 Å². The van der Waals surface area contributed by atoms with Crippen molar-refractivity contribution in [3.05, 3.63) is 34.9 Å². The van der Waals surface area contributed by atoms with Crippen LogP contribution in [0.25, 0.3) is 0 Å². The van der Waals surface area contributed by atoms with Gasteiger partial charge in [0.15, 0.2) is 0 Å². The number of carbonyl (C=O) groups is 1. The maximum absolute atomic E-state index is 12.8. The zero-order valence-corrected chi connectivity index (χ0v) is 12.2. The van der Waals surface area contributed by atoms with E-state index in [9.17, 15) is 4.79 Å². The molecule has 20 heavy (non-hydrogen) atoms. The van der Waals surface area contributed by atoms with Crippen molar-refractivity contribution in [2.45, 2.75) is 43.8 Å². The second-order valence-corrected chi connectivity index (χ2v) is 6.67. The van der Waals surface area contributed by atoms with Crippen molar-refractivity contribution in [2.75, 3.05) is 13.1 Å². The third-order valence-corrected chi connectivity index (χ3v) is 5.24. The van der Waals surface area contributed by atoms with Crippen LogP contribution < -0.4 is 0 Å². The van der Waals surface area contributed by atoms with Crippen LogP contribution in [-0.4, -0.2) is 46.9 Å². The fourth-order valence-electron chi connectivity index (χ4n) is 3.78. The highest BCUT2D eigenvalue weighted by Crippen LogP contribution is 2.37. The number of carbonyl (C=O) groups excluding carboxylic acids is 1. The number of amides is 1. The predicted octanol–water partition coefficient (Wildman–Crippen LogP) is 2.79. The molecule has 2 atom stereocenters. The number of fused-ring (bicyclic) bond motifs is 2. The summed E-state index contributed by atoms with van der Waals surface area (Å²) in [4.78, 5) is 17.5. The molecule has 106 valence electrons. The van der Waals surface area contributed by atoms with Crippen LogP contribution in [0.2, 0.25) is 5.02 Å². The summed E-state index contributed by atoms with van der Waals surface area (Å²) in [5.41, 5.74) is 0.658. The molecule has 2 heterocycles. The van der Waals surface area contributed by atoms with Gasteiger partial charge in [0, 0.05) is 31.2 Å². The first kappa shape index (κ1) is 12.7. The third-order valence-electron chi connectivity index (χ3n) is 4.91. The first-order valence-corrected chi connectivity index (χ1v) is 7.93. The fraction of sp³-hybridized carbons (Fsp3) is 0.562. The van der Waals surface area contributed by atoms with Crippen molar-refractivity contribution >= 4 is 17.5 Å². The van der Waals surface area contributed by atoms with Crippen molar-refractivity contribution in [1.29, 1.82) is 0 Å². The number of halogens is 1. The monoisotopic (exact) mass is 290 g/mol. The van der Waals surface area contributed by atoms with Crippen molar-refractivity contribution in [3.8, 4) is 0 Å². The van der Waals surface area contributed by atoms with Crippen molar-refractivity contribution < 1.29 is 4.79 Å². The smallest absolute Gasteiger partial charge is 0.255 e. The van der Waals surface area contributed by atoms with Crippen LogP contribution in [0.4, 0.5) is 0 Å². The standard InChI is InChI=1S/C16H19ClN2O/c17-15-4-2-1-3-14(15)16(20)19-12-7-8-13(19)10-18(9-12)11-5-6-11/h1-4,11-13H,5-10H2. The van der Waals surface area contributed by atoms with E-state index in [-0.39, 0.29) is 5.91 Å². The van der Waals surface area contributed by atoms with E-state index < -0.39 is 0 Å². The molecule has 2 bridgehead atoms. The number of likely N-dealkylation sites (tertiary alicyclic amines) is 1.